The van der Waals surface area contributed by atoms with E-state index in [0.29, 0.717) is 5.92 Å². The van der Waals surface area contributed by atoms with Gasteiger partial charge in [-0.2, -0.15) is 0 Å². The standard InChI is InChI=1S/C20H23N3O/c24-20(7-6-17-4-2-1-3-5-17)22-16-18-10-14-23(15-11-18)19-8-12-21-13-9-19/h1-9,12-13,18H,10-11,14-16H2,(H,22,24). The molecule has 0 radical (unpaired) electrons. The van der Waals surface area contributed by atoms with Crippen molar-refractivity contribution in [2.45, 2.75) is 12.8 Å². The Hall–Kier alpha value is -2.62. The molecule has 1 aliphatic rings. The van der Waals surface area contributed by atoms with Crippen LogP contribution in [-0.4, -0.2) is 30.5 Å². The maximum absolute atomic E-state index is 11.9. The molecular formula is C20H23N3O. The quantitative estimate of drug-likeness (QED) is 0.861. The van der Waals surface area contributed by atoms with E-state index in [9.17, 15) is 4.79 Å². The minimum atomic E-state index is -0.0181. The molecule has 0 saturated carbocycles. The summed E-state index contributed by atoms with van der Waals surface area (Å²) in [4.78, 5) is 18.4. The molecule has 4 heteroatoms. The largest absolute Gasteiger partial charge is 0.371 e. The van der Waals surface area contributed by atoms with E-state index in [-0.39, 0.29) is 5.91 Å². The number of nitrogens with zero attached hydrogens (tertiary/aromatic N) is 2. The van der Waals surface area contributed by atoms with Gasteiger partial charge >= 0.3 is 0 Å². The average Bonchev–Trinajstić information content (AvgIpc) is 2.67. The molecule has 0 unspecified atom stereocenters. The van der Waals surface area contributed by atoms with Crippen molar-refractivity contribution < 1.29 is 4.79 Å². The Kier molecular flexibility index (Phi) is 5.61. The molecule has 1 saturated heterocycles. The zero-order valence-corrected chi connectivity index (χ0v) is 13.8. The lowest BCUT2D eigenvalue weighted by atomic mass is 9.96. The summed E-state index contributed by atoms with van der Waals surface area (Å²) in [6.07, 6.45) is 9.33. The van der Waals surface area contributed by atoms with Crippen LogP contribution in [0.4, 0.5) is 5.69 Å². The van der Waals surface area contributed by atoms with Gasteiger partial charge in [0.2, 0.25) is 5.91 Å². The Bertz CT molecular complexity index is 662. The second-order valence-corrected chi connectivity index (χ2v) is 6.13. The minimum Gasteiger partial charge on any atom is -0.371 e. The highest BCUT2D eigenvalue weighted by molar-refractivity contribution is 5.91. The molecule has 124 valence electrons. The van der Waals surface area contributed by atoms with Gasteiger partial charge in [0.05, 0.1) is 0 Å². The molecule has 1 N–H and O–H groups in total. The summed E-state index contributed by atoms with van der Waals surface area (Å²) >= 11 is 0. The van der Waals surface area contributed by atoms with Crippen molar-refractivity contribution in [3.05, 3.63) is 66.5 Å². The third kappa shape index (κ3) is 4.69. The second-order valence-electron chi connectivity index (χ2n) is 6.13. The van der Waals surface area contributed by atoms with Gasteiger partial charge in [0.15, 0.2) is 0 Å². The number of amides is 1. The SMILES string of the molecule is O=C(C=Cc1ccccc1)NCC1CCN(c2ccncc2)CC1. The number of rotatable bonds is 5. The molecule has 2 aromatic rings. The number of carbonyl (C=O) groups excluding carboxylic acids is 1. The van der Waals surface area contributed by atoms with Crippen LogP contribution in [0.15, 0.2) is 60.9 Å². The molecule has 0 bridgehead atoms. The highest BCUT2D eigenvalue weighted by Crippen LogP contribution is 2.22. The Morgan fingerprint density at radius 1 is 1.12 bits per heavy atom. The van der Waals surface area contributed by atoms with Gasteiger partial charge in [0.1, 0.15) is 0 Å². The van der Waals surface area contributed by atoms with Crippen LogP contribution in [0.3, 0.4) is 0 Å². The molecule has 1 aliphatic heterocycles. The van der Waals surface area contributed by atoms with Crippen molar-refractivity contribution in [2.75, 3.05) is 24.5 Å². The summed E-state index contributed by atoms with van der Waals surface area (Å²) in [7, 11) is 0. The number of anilines is 1. The molecule has 3 rings (SSSR count). The van der Waals surface area contributed by atoms with Crippen LogP contribution >= 0.6 is 0 Å². The molecule has 0 atom stereocenters. The Balaban J connectivity index is 1.40. The van der Waals surface area contributed by atoms with E-state index in [0.717, 1.165) is 38.0 Å². The number of hydrogen-bond donors (Lipinski definition) is 1. The fourth-order valence-electron chi connectivity index (χ4n) is 2.99. The van der Waals surface area contributed by atoms with Gasteiger partial charge in [-0.05, 0) is 42.5 Å². The van der Waals surface area contributed by atoms with Crippen molar-refractivity contribution >= 4 is 17.7 Å². The fraction of sp³-hybridized carbons (Fsp3) is 0.300. The normalized spacial score (nSPS) is 15.6. The van der Waals surface area contributed by atoms with Gasteiger partial charge in [-0.3, -0.25) is 9.78 Å². The van der Waals surface area contributed by atoms with E-state index in [1.807, 2.05) is 48.8 Å². The van der Waals surface area contributed by atoms with E-state index in [4.69, 9.17) is 0 Å². The number of aromatic nitrogens is 1. The number of nitrogens with one attached hydrogen (secondary N) is 1. The summed E-state index contributed by atoms with van der Waals surface area (Å²) < 4.78 is 0. The van der Waals surface area contributed by atoms with Crippen LogP contribution < -0.4 is 10.2 Å². The lowest BCUT2D eigenvalue weighted by Gasteiger charge is -2.33. The zero-order valence-electron chi connectivity index (χ0n) is 13.8. The summed E-state index contributed by atoms with van der Waals surface area (Å²) in [6.45, 7) is 2.82. The molecule has 1 aromatic heterocycles. The molecular weight excluding hydrogens is 298 g/mol. The van der Waals surface area contributed by atoms with Gasteiger partial charge in [0, 0.05) is 43.8 Å². The Morgan fingerprint density at radius 2 is 1.83 bits per heavy atom. The fourth-order valence-corrected chi connectivity index (χ4v) is 2.99. The van der Waals surface area contributed by atoms with E-state index >= 15 is 0 Å². The third-order valence-electron chi connectivity index (χ3n) is 4.43. The smallest absolute Gasteiger partial charge is 0.244 e. The van der Waals surface area contributed by atoms with Crippen LogP contribution in [0.1, 0.15) is 18.4 Å². The van der Waals surface area contributed by atoms with Crippen LogP contribution in [0.2, 0.25) is 0 Å². The summed E-state index contributed by atoms with van der Waals surface area (Å²) in [5, 5.41) is 3.02. The van der Waals surface area contributed by atoms with Crippen molar-refractivity contribution in [1.82, 2.24) is 10.3 Å². The van der Waals surface area contributed by atoms with Crippen LogP contribution in [0.25, 0.3) is 6.08 Å². The summed E-state index contributed by atoms with van der Waals surface area (Å²) in [6, 6.07) is 14.0. The number of pyridine rings is 1. The second kappa shape index (κ2) is 8.29. The maximum atomic E-state index is 11.9. The van der Waals surface area contributed by atoms with Crippen molar-refractivity contribution in [3.8, 4) is 0 Å². The number of hydrogen-bond acceptors (Lipinski definition) is 3. The van der Waals surface area contributed by atoms with Gasteiger partial charge < -0.3 is 10.2 Å². The lowest BCUT2D eigenvalue weighted by Crippen LogP contribution is -2.38. The van der Waals surface area contributed by atoms with Gasteiger partial charge in [0.25, 0.3) is 0 Å². The topological polar surface area (TPSA) is 45.2 Å². The average molecular weight is 321 g/mol. The molecule has 1 aromatic carbocycles. The third-order valence-corrected chi connectivity index (χ3v) is 4.43. The van der Waals surface area contributed by atoms with Crippen LogP contribution in [0.5, 0.6) is 0 Å². The molecule has 4 nitrogen and oxygen atoms in total. The molecule has 1 fully saturated rings. The van der Waals surface area contributed by atoms with Crippen LogP contribution in [0, 0.1) is 5.92 Å². The lowest BCUT2D eigenvalue weighted by molar-refractivity contribution is -0.116. The predicted molar refractivity (Wildman–Crippen MR) is 97.7 cm³/mol. The first-order chi connectivity index (χ1) is 11.8. The van der Waals surface area contributed by atoms with E-state index in [1.165, 1.54) is 5.69 Å². The van der Waals surface area contributed by atoms with Crippen molar-refractivity contribution in [1.29, 1.82) is 0 Å². The van der Waals surface area contributed by atoms with Crippen molar-refractivity contribution in [3.63, 3.8) is 0 Å². The zero-order chi connectivity index (χ0) is 16.6. The highest BCUT2D eigenvalue weighted by atomic mass is 16.1. The number of carbonyl (C=O) groups is 1. The first-order valence-corrected chi connectivity index (χ1v) is 8.47. The Labute approximate surface area is 143 Å². The minimum absolute atomic E-state index is 0.0181. The first kappa shape index (κ1) is 16.2. The van der Waals surface area contributed by atoms with Gasteiger partial charge in [-0.15, -0.1) is 0 Å². The first-order valence-electron chi connectivity index (χ1n) is 8.47. The molecule has 1 amide bonds. The number of piperidine rings is 1. The monoisotopic (exact) mass is 321 g/mol. The van der Waals surface area contributed by atoms with Gasteiger partial charge in [-0.1, -0.05) is 30.3 Å². The Morgan fingerprint density at radius 3 is 2.54 bits per heavy atom. The summed E-state index contributed by atoms with van der Waals surface area (Å²) in [5.74, 6) is 0.535. The predicted octanol–water partition coefficient (Wildman–Crippen LogP) is 3.13. The van der Waals surface area contributed by atoms with Crippen LogP contribution in [-0.2, 0) is 4.79 Å². The summed E-state index contributed by atoms with van der Waals surface area (Å²) in [5.41, 5.74) is 2.27. The maximum Gasteiger partial charge on any atom is 0.244 e. The van der Waals surface area contributed by atoms with E-state index in [2.05, 4.69) is 27.3 Å². The molecule has 0 aliphatic carbocycles. The van der Waals surface area contributed by atoms with Gasteiger partial charge in [-0.25, -0.2) is 0 Å². The molecule has 0 spiro atoms. The highest BCUT2D eigenvalue weighted by Gasteiger charge is 2.19. The van der Waals surface area contributed by atoms with Crippen molar-refractivity contribution in [2.24, 2.45) is 5.92 Å². The van der Waals surface area contributed by atoms with E-state index < -0.39 is 0 Å². The molecule has 2 heterocycles. The van der Waals surface area contributed by atoms with E-state index in [1.54, 1.807) is 6.08 Å². The number of benzene rings is 1. The molecule has 24 heavy (non-hydrogen) atoms.